The molecule has 1 rings (SSSR count). The summed E-state index contributed by atoms with van der Waals surface area (Å²) in [6.07, 6.45) is 3.30. The number of benzene rings is 1. The van der Waals surface area contributed by atoms with Gasteiger partial charge < -0.3 is 0 Å². The van der Waals surface area contributed by atoms with E-state index >= 15 is 0 Å². The van der Waals surface area contributed by atoms with Crippen molar-refractivity contribution >= 4 is 12.4 Å². The zero-order valence-electron chi connectivity index (χ0n) is 8.38. The average Bonchev–Trinajstić information content (AvgIpc) is 2.19. The predicted molar refractivity (Wildman–Crippen MR) is 55.5 cm³/mol. The Labute approximate surface area is 83.3 Å². The van der Waals surface area contributed by atoms with Crippen molar-refractivity contribution in [2.24, 2.45) is 0 Å². The highest BCUT2D eigenvalue weighted by molar-refractivity contribution is 5.81. The Hall–Kier alpha value is -1.44. The molecule has 0 atom stereocenters. The number of aryl methyl sites for hydroxylation is 1. The van der Waals surface area contributed by atoms with Gasteiger partial charge in [-0.05, 0) is 48.3 Å². The Kier molecular flexibility index (Phi) is 3.57. The van der Waals surface area contributed by atoms with Crippen LogP contribution in [0.25, 0.3) is 6.08 Å². The molecule has 0 saturated carbocycles. The molecular formula is C12H13FO. The molecule has 0 aliphatic rings. The third kappa shape index (κ3) is 2.52. The Bertz CT molecular complexity index is 367. The van der Waals surface area contributed by atoms with Crippen LogP contribution < -0.4 is 0 Å². The van der Waals surface area contributed by atoms with Crippen LogP contribution in [0.1, 0.15) is 24.5 Å². The van der Waals surface area contributed by atoms with Crippen LogP contribution in [-0.4, -0.2) is 6.29 Å². The van der Waals surface area contributed by atoms with E-state index in [1.54, 1.807) is 25.1 Å². The number of hydrogen-bond donors (Lipinski definition) is 0. The Balaban J connectivity index is 3.03. The molecule has 0 unspecified atom stereocenters. The lowest BCUT2D eigenvalue weighted by molar-refractivity contribution is -0.104. The highest BCUT2D eigenvalue weighted by atomic mass is 19.1. The zero-order valence-corrected chi connectivity index (χ0v) is 8.38. The maximum atomic E-state index is 12.9. The number of carbonyl (C=O) groups is 1. The lowest BCUT2D eigenvalue weighted by atomic mass is 10.1. The van der Waals surface area contributed by atoms with Gasteiger partial charge in [0.05, 0.1) is 0 Å². The van der Waals surface area contributed by atoms with E-state index in [2.05, 4.69) is 0 Å². The van der Waals surface area contributed by atoms with E-state index < -0.39 is 0 Å². The summed E-state index contributed by atoms with van der Waals surface area (Å²) in [5.74, 6) is -0.216. The molecule has 1 aromatic rings. The van der Waals surface area contributed by atoms with Crippen LogP contribution in [0.4, 0.5) is 4.39 Å². The average molecular weight is 192 g/mol. The van der Waals surface area contributed by atoms with Gasteiger partial charge in [-0.3, -0.25) is 4.79 Å². The van der Waals surface area contributed by atoms with Crippen LogP contribution in [0, 0.1) is 12.7 Å². The van der Waals surface area contributed by atoms with Gasteiger partial charge in [0.25, 0.3) is 0 Å². The van der Waals surface area contributed by atoms with Crippen molar-refractivity contribution in [3.63, 3.8) is 0 Å². The number of aldehydes is 1. The van der Waals surface area contributed by atoms with E-state index in [0.717, 1.165) is 17.4 Å². The minimum Gasteiger partial charge on any atom is -0.298 e. The molecule has 0 bridgehead atoms. The minimum absolute atomic E-state index is 0.216. The van der Waals surface area contributed by atoms with Crippen molar-refractivity contribution < 1.29 is 9.18 Å². The molecule has 2 heteroatoms. The SMILES string of the molecule is CCC(C=O)=Cc1ccc(F)c(C)c1. The molecular weight excluding hydrogens is 179 g/mol. The molecule has 0 amide bonds. The fraction of sp³-hybridized carbons (Fsp3) is 0.250. The van der Waals surface area contributed by atoms with Gasteiger partial charge >= 0.3 is 0 Å². The van der Waals surface area contributed by atoms with Gasteiger partial charge in [-0.1, -0.05) is 13.0 Å². The van der Waals surface area contributed by atoms with Crippen LogP contribution >= 0.6 is 0 Å². The highest BCUT2D eigenvalue weighted by Gasteiger charge is 1.98. The molecule has 0 aliphatic carbocycles. The largest absolute Gasteiger partial charge is 0.298 e. The van der Waals surface area contributed by atoms with Gasteiger partial charge in [-0.15, -0.1) is 0 Å². The monoisotopic (exact) mass is 192 g/mol. The molecule has 0 aliphatic heterocycles. The van der Waals surface area contributed by atoms with E-state index in [0.29, 0.717) is 12.0 Å². The van der Waals surface area contributed by atoms with Gasteiger partial charge in [0, 0.05) is 0 Å². The van der Waals surface area contributed by atoms with E-state index in [9.17, 15) is 9.18 Å². The number of allylic oxidation sites excluding steroid dienone is 1. The summed E-state index contributed by atoms with van der Waals surface area (Å²) in [6, 6.07) is 4.81. The van der Waals surface area contributed by atoms with E-state index in [4.69, 9.17) is 0 Å². The standard InChI is InChI=1S/C12H13FO/c1-3-10(8-14)7-11-4-5-12(13)9(2)6-11/h4-8H,3H2,1-2H3. The summed E-state index contributed by atoms with van der Waals surface area (Å²) in [5, 5.41) is 0. The van der Waals surface area contributed by atoms with E-state index in [-0.39, 0.29) is 5.82 Å². The van der Waals surface area contributed by atoms with Crippen LogP contribution in [-0.2, 0) is 4.79 Å². The molecule has 1 nitrogen and oxygen atoms in total. The van der Waals surface area contributed by atoms with Gasteiger partial charge in [0.2, 0.25) is 0 Å². The second kappa shape index (κ2) is 4.70. The number of rotatable bonds is 3. The van der Waals surface area contributed by atoms with Gasteiger partial charge in [-0.25, -0.2) is 4.39 Å². The first kappa shape index (κ1) is 10.6. The third-order valence-electron chi connectivity index (χ3n) is 2.09. The molecule has 0 spiro atoms. The summed E-state index contributed by atoms with van der Waals surface area (Å²) in [5.41, 5.74) is 2.18. The Morgan fingerprint density at radius 2 is 2.21 bits per heavy atom. The Morgan fingerprint density at radius 3 is 2.71 bits per heavy atom. The van der Waals surface area contributed by atoms with Gasteiger partial charge in [0.1, 0.15) is 12.1 Å². The minimum atomic E-state index is -0.216. The number of hydrogen-bond acceptors (Lipinski definition) is 1. The van der Waals surface area contributed by atoms with E-state index in [1.807, 2.05) is 6.92 Å². The first-order chi connectivity index (χ1) is 6.67. The first-order valence-corrected chi connectivity index (χ1v) is 4.59. The second-order valence-electron chi connectivity index (χ2n) is 3.20. The molecule has 0 N–H and O–H groups in total. The van der Waals surface area contributed by atoms with Crippen molar-refractivity contribution in [1.82, 2.24) is 0 Å². The lowest BCUT2D eigenvalue weighted by Gasteiger charge is -1.99. The zero-order chi connectivity index (χ0) is 10.6. The second-order valence-corrected chi connectivity index (χ2v) is 3.20. The predicted octanol–water partition coefficient (Wildman–Crippen LogP) is 3.13. The molecule has 0 heterocycles. The van der Waals surface area contributed by atoms with Gasteiger partial charge in [-0.2, -0.15) is 0 Å². The summed E-state index contributed by atoms with van der Waals surface area (Å²) in [6.45, 7) is 3.62. The van der Waals surface area contributed by atoms with Gasteiger partial charge in [0.15, 0.2) is 0 Å². The molecule has 0 fully saturated rings. The first-order valence-electron chi connectivity index (χ1n) is 4.59. The van der Waals surface area contributed by atoms with E-state index in [1.165, 1.54) is 6.07 Å². The van der Waals surface area contributed by atoms with Crippen molar-refractivity contribution in [3.05, 3.63) is 40.7 Å². The van der Waals surface area contributed by atoms with Crippen LogP contribution in [0.5, 0.6) is 0 Å². The normalized spacial score (nSPS) is 11.5. The number of carbonyl (C=O) groups excluding carboxylic acids is 1. The molecule has 0 saturated heterocycles. The van der Waals surface area contributed by atoms with Crippen molar-refractivity contribution in [2.45, 2.75) is 20.3 Å². The fourth-order valence-electron chi connectivity index (χ4n) is 1.19. The quantitative estimate of drug-likeness (QED) is 0.531. The fourth-order valence-corrected chi connectivity index (χ4v) is 1.19. The number of halogens is 1. The van der Waals surface area contributed by atoms with Crippen LogP contribution in [0.15, 0.2) is 23.8 Å². The maximum absolute atomic E-state index is 12.9. The smallest absolute Gasteiger partial charge is 0.146 e. The van der Waals surface area contributed by atoms with Crippen LogP contribution in [0.2, 0.25) is 0 Å². The van der Waals surface area contributed by atoms with Crippen molar-refractivity contribution in [2.75, 3.05) is 0 Å². The third-order valence-corrected chi connectivity index (χ3v) is 2.09. The molecule has 1 aromatic carbocycles. The maximum Gasteiger partial charge on any atom is 0.146 e. The summed E-state index contributed by atoms with van der Waals surface area (Å²) < 4.78 is 12.9. The summed E-state index contributed by atoms with van der Waals surface area (Å²) >= 11 is 0. The molecule has 0 radical (unpaired) electrons. The highest BCUT2D eigenvalue weighted by Crippen LogP contribution is 2.12. The Morgan fingerprint density at radius 1 is 1.50 bits per heavy atom. The van der Waals surface area contributed by atoms with Crippen molar-refractivity contribution in [3.8, 4) is 0 Å². The van der Waals surface area contributed by atoms with Crippen molar-refractivity contribution in [1.29, 1.82) is 0 Å². The summed E-state index contributed by atoms with van der Waals surface area (Å²) in [4.78, 5) is 10.5. The molecule has 74 valence electrons. The summed E-state index contributed by atoms with van der Waals surface area (Å²) in [7, 11) is 0. The molecule has 14 heavy (non-hydrogen) atoms. The van der Waals surface area contributed by atoms with Crippen LogP contribution in [0.3, 0.4) is 0 Å². The topological polar surface area (TPSA) is 17.1 Å². The lowest BCUT2D eigenvalue weighted by Crippen LogP contribution is -1.85. The molecule has 0 aromatic heterocycles.